The Morgan fingerprint density at radius 1 is 0.847 bits per heavy atom. The van der Waals surface area contributed by atoms with E-state index >= 15 is 0 Å². The number of rotatable bonds is 23. The highest BCUT2D eigenvalue weighted by molar-refractivity contribution is 7.86. The summed E-state index contributed by atoms with van der Waals surface area (Å²) in [5, 5.41) is 12.5. The van der Waals surface area contributed by atoms with Crippen molar-refractivity contribution in [1.29, 1.82) is 0 Å². The van der Waals surface area contributed by atoms with Crippen LogP contribution >= 0.6 is 0 Å². The Hall–Kier alpha value is -5.08. The number of esters is 1. The molecule has 0 bridgehead atoms. The molecule has 3 aromatic carbocycles. The van der Waals surface area contributed by atoms with Crippen molar-refractivity contribution in [2.75, 3.05) is 18.5 Å². The highest BCUT2D eigenvalue weighted by atomic mass is 32.2. The Labute approximate surface area is 347 Å². The lowest BCUT2D eigenvalue weighted by molar-refractivity contribution is -0.154. The fourth-order valence-corrected chi connectivity index (χ4v) is 8.64. The molecular formula is C45H57N3O10S. The molecule has 3 aromatic rings. The predicted octanol–water partition coefficient (Wildman–Crippen LogP) is 8.50. The van der Waals surface area contributed by atoms with Gasteiger partial charge in [-0.2, -0.15) is 8.42 Å². The monoisotopic (exact) mass is 831 g/mol. The van der Waals surface area contributed by atoms with Crippen molar-refractivity contribution in [1.82, 2.24) is 4.90 Å². The molecule has 318 valence electrons. The number of fused-ring (bicyclic) bond motifs is 1. The first-order valence-electron chi connectivity index (χ1n) is 21.0. The van der Waals surface area contributed by atoms with Crippen LogP contribution in [0.15, 0.2) is 88.8 Å². The minimum absolute atomic E-state index is 0.0205. The summed E-state index contributed by atoms with van der Waals surface area (Å²) in [6, 6.07) is 17.5. The molecule has 2 amide bonds. The number of nitrogens with one attached hydrogen (secondary N) is 1. The first-order valence-corrected chi connectivity index (χ1v) is 22.4. The number of aliphatic imine (C=N–C) groups is 1. The van der Waals surface area contributed by atoms with Crippen LogP contribution in [0.25, 0.3) is 0 Å². The zero-order chi connectivity index (χ0) is 42.2. The largest absolute Gasteiger partial charge is 0.491 e. The van der Waals surface area contributed by atoms with Gasteiger partial charge in [-0.25, -0.2) is 13.8 Å². The Bertz CT molecular complexity index is 2010. The maximum absolute atomic E-state index is 14.7. The molecule has 4 atom stereocenters. The van der Waals surface area contributed by atoms with Gasteiger partial charge >= 0.3 is 11.9 Å². The van der Waals surface area contributed by atoms with Gasteiger partial charge in [-0.05, 0) is 62.1 Å². The molecule has 1 heterocycles. The van der Waals surface area contributed by atoms with E-state index in [0.29, 0.717) is 18.4 Å². The number of nitrogens with zero attached hydrogens (tertiary/aromatic N) is 2. The molecule has 5 rings (SSSR count). The molecular weight excluding hydrogens is 775 g/mol. The number of anilines is 1. The van der Waals surface area contributed by atoms with E-state index in [1.165, 1.54) is 81.0 Å². The normalized spacial score (nSPS) is 17.6. The smallest absolute Gasteiger partial charge is 0.335 e. The maximum atomic E-state index is 14.7. The van der Waals surface area contributed by atoms with E-state index in [9.17, 15) is 32.7 Å². The predicted molar refractivity (Wildman–Crippen MR) is 224 cm³/mol. The number of carbonyl (C=O) groups excluding carboxylic acids is 3. The molecule has 0 radical (unpaired) electrons. The van der Waals surface area contributed by atoms with Gasteiger partial charge in [-0.15, -0.1) is 0 Å². The van der Waals surface area contributed by atoms with Crippen LogP contribution in [-0.4, -0.2) is 73.4 Å². The van der Waals surface area contributed by atoms with Crippen LogP contribution in [0.5, 0.6) is 5.75 Å². The van der Waals surface area contributed by atoms with E-state index in [1.807, 2.05) is 0 Å². The molecule has 0 aromatic heterocycles. The Balaban J connectivity index is 1.50. The molecule has 1 fully saturated rings. The average molecular weight is 832 g/mol. The quantitative estimate of drug-likeness (QED) is 0.0535. The zero-order valence-corrected chi connectivity index (χ0v) is 34.9. The lowest BCUT2D eigenvalue weighted by Gasteiger charge is -2.42. The zero-order valence-electron chi connectivity index (χ0n) is 34.1. The number of aromatic carboxylic acids is 1. The minimum atomic E-state index is -4.72. The van der Waals surface area contributed by atoms with Crippen LogP contribution in [0.3, 0.4) is 0 Å². The van der Waals surface area contributed by atoms with E-state index in [-0.39, 0.29) is 40.9 Å². The van der Waals surface area contributed by atoms with Gasteiger partial charge in [0.25, 0.3) is 16.0 Å². The van der Waals surface area contributed by atoms with Crippen LogP contribution < -0.4 is 10.1 Å². The molecule has 14 heteroatoms. The van der Waals surface area contributed by atoms with Crippen LogP contribution in [0.2, 0.25) is 0 Å². The molecule has 0 spiro atoms. The Morgan fingerprint density at radius 3 is 2.12 bits per heavy atom. The second-order valence-electron chi connectivity index (χ2n) is 15.0. The average Bonchev–Trinajstić information content (AvgIpc) is 3.24. The summed E-state index contributed by atoms with van der Waals surface area (Å²) < 4.78 is 45.3. The summed E-state index contributed by atoms with van der Waals surface area (Å²) >= 11 is 0. The summed E-state index contributed by atoms with van der Waals surface area (Å²) in [6.07, 6.45) is 11.5. The van der Waals surface area contributed by atoms with Gasteiger partial charge in [0.2, 0.25) is 12.0 Å². The van der Waals surface area contributed by atoms with Gasteiger partial charge in [0.05, 0.1) is 41.3 Å². The molecule has 0 saturated heterocycles. The van der Waals surface area contributed by atoms with Gasteiger partial charge in [-0.1, -0.05) is 126 Å². The molecule has 1 aliphatic heterocycles. The van der Waals surface area contributed by atoms with E-state index in [2.05, 4.69) is 12.2 Å². The van der Waals surface area contributed by atoms with Gasteiger partial charge < -0.3 is 19.9 Å². The van der Waals surface area contributed by atoms with E-state index in [0.717, 1.165) is 43.4 Å². The molecule has 1 saturated carbocycles. The third-order valence-electron chi connectivity index (χ3n) is 10.7. The summed E-state index contributed by atoms with van der Waals surface area (Å²) in [7, 11) is -4.72. The van der Waals surface area contributed by atoms with Crippen molar-refractivity contribution in [3.05, 3.63) is 90.0 Å². The lowest BCUT2D eigenvalue weighted by Crippen LogP contribution is -2.58. The second-order valence-corrected chi connectivity index (χ2v) is 16.6. The van der Waals surface area contributed by atoms with Crippen LogP contribution in [0.1, 0.15) is 126 Å². The van der Waals surface area contributed by atoms with Crippen molar-refractivity contribution >= 4 is 45.4 Å². The molecule has 4 unspecified atom stereocenters. The van der Waals surface area contributed by atoms with Gasteiger partial charge in [0.1, 0.15) is 11.6 Å². The number of carboxylic acids is 1. The van der Waals surface area contributed by atoms with Gasteiger partial charge in [0.15, 0.2) is 6.04 Å². The third-order valence-corrected chi connectivity index (χ3v) is 12.0. The summed E-state index contributed by atoms with van der Waals surface area (Å²) in [5.74, 6) is -4.55. The highest BCUT2D eigenvalue weighted by Crippen LogP contribution is 2.38. The summed E-state index contributed by atoms with van der Waals surface area (Å²) in [6.45, 7) is 4.09. The fourth-order valence-electron chi connectivity index (χ4n) is 7.61. The number of benzene rings is 3. The van der Waals surface area contributed by atoms with E-state index in [1.54, 1.807) is 43.3 Å². The topological polar surface area (TPSA) is 178 Å². The van der Waals surface area contributed by atoms with Crippen molar-refractivity contribution in [3.8, 4) is 5.75 Å². The number of carboxylic acid groups (broad SMARTS) is 1. The van der Waals surface area contributed by atoms with Crippen molar-refractivity contribution in [2.24, 2.45) is 10.9 Å². The number of hydrogen-bond acceptors (Lipinski definition) is 10. The van der Waals surface area contributed by atoms with Crippen LogP contribution in [0, 0.1) is 5.92 Å². The van der Waals surface area contributed by atoms with Crippen molar-refractivity contribution in [3.63, 3.8) is 0 Å². The molecule has 2 aliphatic rings. The molecule has 59 heavy (non-hydrogen) atoms. The standard InChI is InChI=1S/C45H57N3O10S/c1-3-5-6-7-8-9-10-11-12-21-30-57-38-29-28-33(44(51)52)31-37(38)47-42(49)40(58-59(54,55)34-24-17-14-18-25-34)41-46-36-27-20-19-26-35(36)43(50)48(41)39(45(53)56-4-2)32-22-15-13-16-23-32/h13-18,22-25,28-29,31,35-36,39-40H,3-12,19-21,26-27,30H2,1-2H3,(H,47,49)(H,51,52). The number of hydrogen-bond donors (Lipinski definition) is 2. The number of amidine groups is 1. The molecule has 2 N–H and O–H groups in total. The van der Waals surface area contributed by atoms with Crippen LogP contribution in [0.4, 0.5) is 5.69 Å². The number of ether oxygens (including phenoxy) is 2. The van der Waals surface area contributed by atoms with Crippen molar-refractivity contribution < 1.29 is 46.4 Å². The van der Waals surface area contributed by atoms with Crippen molar-refractivity contribution in [2.45, 2.75) is 127 Å². The molecule has 1 aliphatic carbocycles. The fraction of sp³-hybridized carbons (Fsp3) is 0.489. The number of carbonyl (C=O) groups is 4. The SMILES string of the molecule is CCCCCCCCCCCCOc1ccc(C(=O)O)cc1NC(=O)C(OS(=O)(=O)c1ccccc1)C1=NC2CCCCC2C(=O)N1C(C(=O)OCC)c1ccccc1. The lowest BCUT2D eigenvalue weighted by atomic mass is 9.81. The maximum Gasteiger partial charge on any atom is 0.335 e. The van der Waals surface area contributed by atoms with Gasteiger partial charge in [-0.3, -0.25) is 19.5 Å². The first-order chi connectivity index (χ1) is 28.6. The number of amides is 2. The third kappa shape index (κ3) is 12.2. The Kier molecular flexibility index (Phi) is 17.0. The Morgan fingerprint density at radius 2 is 1.47 bits per heavy atom. The highest BCUT2D eigenvalue weighted by Gasteiger charge is 2.50. The second kappa shape index (κ2) is 22.3. The van der Waals surface area contributed by atoms with Gasteiger partial charge in [0, 0.05) is 0 Å². The summed E-state index contributed by atoms with van der Waals surface area (Å²) in [4.78, 5) is 61.1. The minimum Gasteiger partial charge on any atom is -0.491 e. The summed E-state index contributed by atoms with van der Waals surface area (Å²) in [5.41, 5.74) is 0.134. The molecule has 13 nitrogen and oxygen atoms in total. The van der Waals surface area contributed by atoms with E-state index < -0.39 is 58.0 Å². The van der Waals surface area contributed by atoms with Crippen LogP contribution in [-0.2, 0) is 33.4 Å². The first kappa shape index (κ1) is 45.0. The van der Waals surface area contributed by atoms with E-state index in [4.69, 9.17) is 18.6 Å². The number of unbranched alkanes of at least 4 members (excludes halogenated alkanes) is 9.